The lowest BCUT2D eigenvalue weighted by molar-refractivity contribution is 0.380. The molecule has 1 aliphatic rings. The van der Waals surface area contributed by atoms with Crippen LogP contribution in [0, 0.1) is 6.92 Å². The molecule has 27 heavy (non-hydrogen) atoms. The Labute approximate surface area is 155 Å². The van der Waals surface area contributed by atoms with Gasteiger partial charge in [-0.2, -0.15) is 9.29 Å². The van der Waals surface area contributed by atoms with Crippen molar-refractivity contribution >= 4 is 15.8 Å². The number of piperazine rings is 1. The van der Waals surface area contributed by atoms with Crippen LogP contribution in [-0.4, -0.2) is 59.2 Å². The molecule has 3 aromatic heterocycles. The molecular weight excluding hydrogens is 372 g/mol. The van der Waals surface area contributed by atoms with Gasteiger partial charge in [-0.05, 0) is 19.1 Å². The molecule has 0 radical (unpaired) electrons. The molecule has 0 atom stereocenters. The highest BCUT2D eigenvalue weighted by molar-refractivity contribution is 7.88. The maximum Gasteiger partial charge on any atom is 0.261 e. The summed E-state index contributed by atoms with van der Waals surface area (Å²) in [4.78, 5) is 10.7. The first-order valence-electron chi connectivity index (χ1n) is 8.41. The Bertz CT molecular complexity index is 1010. The minimum absolute atomic E-state index is 0.167. The van der Waals surface area contributed by atoms with Crippen molar-refractivity contribution in [3.8, 4) is 11.5 Å². The summed E-state index contributed by atoms with van der Waals surface area (Å²) in [5.74, 6) is 1.48. The normalized spacial score (nSPS) is 16.0. The SMILES string of the molecule is Cc1noc(-c2cccnc2N2CCN(S(=O)(=O)Cc3ccon3)CC2)n1. The van der Waals surface area contributed by atoms with Crippen LogP contribution in [0.25, 0.3) is 11.5 Å². The van der Waals surface area contributed by atoms with E-state index in [9.17, 15) is 8.42 Å². The Morgan fingerprint density at radius 2 is 1.96 bits per heavy atom. The monoisotopic (exact) mass is 390 g/mol. The Balaban J connectivity index is 1.49. The van der Waals surface area contributed by atoms with E-state index in [0.717, 1.165) is 5.56 Å². The molecule has 10 nitrogen and oxygen atoms in total. The Morgan fingerprint density at radius 1 is 1.15 bits per heavy atom. The standard InChI is InChI=1S/C16H18N6O4S/c1-12-18-16(26-19-12)14-3-2-5-17-15(14)21-6-8-22(9-7-21)27(23,24)11-13-4-10-25-20-13/h2-5,10H,6-9,11H2,1H3. The first-order chi connectivity index (χ1) is 13.0. The average Bonchev–Trinajstić information content (AvgIpc) is 3.33. The van der Waals surface area contributed by atoms with Crippen LogP contribution in [0.3, 0.4) is 0 Å². The largest absolute Gasteiger partial charge is 0.364 e. The van der Waals surface area contributed by atoms with Gasteiger partial charge in [0.15, 0.2) is 5.82 Å². The van der Waals surface area contributed by atoms with E-state index < -0.39 is 10.0 Å². The first kappa shape index (κ1) is 17.6. The predicted octanol–water partition coefficient (Wildman–Crippen LogP) is 1.08. The topological polar surface area (TPSA) is 118 Å². The van der Waals surface area contributed by atoms with E-state index in [1.165, 1.54) is 10.6 Å². The molecule has 4 rings (SSSR count). The molecule has 1 saturated heterocycles. The number of pyridine rings is 1. The van der Waals surface area contributed by atoms with Crippen molar-refractivity contribution in [2.24, 2.45) is 0 Å². The van der Waals surface area contributed by atoms with E-state index in [4.69, 9.17) is 9.05 Å². The van der Waals surface area contributed by atoms with Gasteiger partial charge in [-0.25, -0.2) is 13.4 Å². The van der Waals surface area contributed by atoms with Gasteiger partial charge in [-0.3, -0.25) is 0 Å². The summed E-state index contributed by atoms with van der Waals surface area (Å²) in [6.45, 7) is 3.49. The fourth-order valence-electron chi connectivity index (χ4n) is 2.99. The summed E-state index contributed by atoms with van der Waals surface area (Å²) >= 11 is 0. The molecule has 1 fully saturated rings. The molecule has 0 bridgehead atoms. The number of aryl methyl sites for hydroxylation is 1. The maximum absolute atomic E-state index is 12.6. The molecular formula is C16H18N6O4S. The molecule has 0 saturated carbocycles. The van der Waals surface area contributed by atoms with Crippen molar-refractivity contribution < 1.29 is 17.5 Å². The number of anilines is 1. The molecule has 0 N–H and O–H groups in total. The first-order valence-corrected chi connectivity index (χ1v) is 10.0. The fourth-order valence-corrected chi connectivity index (χ4v) is 4.42. The summed E-state index contributed by atoms with van der Waals surface area (Å²) in [6, 6.07) is 5.22. The highest BCUT2D eigenvalue weighted by Gasteiger charge is 2.29. The molecule has 11 heteroatoms. The summed E-state index contributed by atoms with van der Waals surface area (Å²) in [5, 5.41) is 7.51. The number of hydrogen-bond acceptors (Lipinski definition) is 9. The lowest BCUT2D eigenvalue weighted by Gasteiger charge is -2.35. The van der Waals surface area contributed by atoms with Crippen molar-refractivity contribution in [3.63, 3.8) is 0 Å². The van der Waals surface area contributed by atoms with Crippen LogP contribution in [0.15, 0.2) is 39.7 Å². The highest BCUT2D eigenvalue weighted by atomic mass is 32.2. The Morgan fingerprint density at radius 3 is 2.63 bits per heavy atom. The minimum Gasteiger partial charge on any atom is -0.364 e. The van der Waals surface area contributed by atoms with E-state index in [0.29, 0.717) is 49.4 Å². The number of nitrogens with zero attached hydrogens (tertiary/aromatic N) is 6. The van der Waals surface area contributed by atoms with Gasteiger partial charge in [0, 0.05) is 38.4 Å². The number of aromatic nitrogens is 4. The van der Waals surface area contributed by atoms with Gasteiger partial charge in [-0.15, -0.1) is 0 Å². The zero-order valence-corrected chi connectivity index (χ0v) is 15.5. The van der Waals surface area contributed by atoms with E-state index >= 15 is 0 Å². The van der Waals surface area contributed by atoms with Gasteiger partial charge in [0.1, 0.15) is 17.8 Å². The molecule has 0 aromatic carbocycles. The van der Waals surface area contributed by atoms with Crippen LogP contribution in [0.1, 0.15) is 11.5 Å². The molecule has 1 aliphatic heterocycles. The second-order valence-corrected chi connectivity index (χ2v) is 8.12. The van der Waals surface area contributed by atoms with Crippen LogP contribution < -0.4 is 4.90 Å². The third-order valence-corrected chi connectivity index (χ3v) is 6.11. The second-order valence-electron chi connectivity index (χ2n) is 6.15. The third-order valence-electron chi connectivity index (χ3n) is 4.30. The zero-order chi connectivity index (χ0) is 18.9. The smallest absolute Gasteiger partial charge is 0.261 e. The van der Waals surface area contributed by atoms with Gasteiger partial charge < -0.3 is 13.9 Å². The van der Waals surface area contributed by atoms with Gasteiger partial charge in [0.25, 0.3) is 5.89 Å². The predicted molar refractivity (Wildman–Crippen MR) is 95.2 cm³/mol. The lowest BCUT2D eigenvalue weighted by Crippen LogP contribution is -2.49. The van der Waals surface area contributed by atoms with Crippen LogP contribution in [0.2, 0.25) is 0 Å². The second kappa shape index (κ2) is 7.08. The molecule has 142 valence electrons. The number of hydrogen-bond donors (Lipinski definition) is 0. The molecule has 0 unspecified atom stereocenters. The van der Waals surface area contributed by atoms with Crippen molar-refractivity contribution in [3.05, 3.63) is 42.2 Å². The van der Waals surface area contributed by atoms with Crippen molar-refractivity contribution in [2.45, 2.75) is 12.7 Å². The van der Waals surface area contributed by atoms with Crippen LogP contribution in [0.5, 0.6) is 0 Å². The van der Waals surface area contributed by atoms with E-state index in [2.05, 4.69) is 20.3 Å². The minimum atomic E-state index is -3.45. The van der Waals surface area contributed by atoms with Crippen LogP contribution >= 0.6 is 0 Å². The van der Waals surface area contributed by atoms with Gasteiger partial charge in [0.2, 0.25) is 10.0 Å². The number of rotatable bonds is 5. The Hall–Kier alpha value is -2.79. The van der Waals surface area contributed by atoms with Gasteiger partial charge in [-0.1, -0.05) is 10.3 Å². The number of sulfonamides is 1. The molecule has 0 aliphatic carbocycles. The van der Waals surface area contributed by atoms with Crippen LogP contribution in [-0.2, 0) is 15.8 Å². The maximum atomic E-state index is 12.6. The van der Waals surface area contributed by atoms with E-state index in [-0.39, 0.29) is 5.75 Å². The van der Waals surface area contributed by atoms with Gasteiger partial charge in [0.05, 0.1) is 11.3 Å². The molecule has 0 spiro atoms. The molecule has 4 heterocycles. The van der Waals surface area contributed by atoms with Crippen molar-refractivity contribution in [2.75, 3.05) is 31.1 Å². The lowest BCUT2D eigenvalue weighted by atomic mass is 10.2. The zero-order valence-electron chi connectivity index (χ0n) is 14.6. The Kier molecular flexibility index (Phi) is 4.62. The van der Waals surface area contributed by atoms with Gasteiger partial charge >= 0.3 is 0 Å². The van der Waals surface area contributed by atoms with E-state index in [1.807, 2.05) is 11.0 Å². The quantitative estimate of drug-likeness (QED) is 0.630. The summed E-state index contributed by atoms with van der Waals surface area (Å²) < 4.78 is 36.6. The van der Waals surface area contributed by atoms with Crippen LogP contribution in [0.4, 0.5) is 5.82 Å². The highest BCUT2D eigenvalue weighted by Crippen LogP contribution is 2.28. The molecule has 0 amide bonds. The third kappa shape index (κ3) is 3.69. The summed E-state index contributed by atoms with van der Waals surface area (Å²) in [7, 11) is -3.45. The van der Waals surface area contributed by atoms with Crippen molar-refractivity contribution in [1.29, 1.82) is 0 Å². The molecule has 3 aromatic rings. The summed E-state index contributed by atoms with van der Waals surface area (Å²) in [5.41, 5.74) is 1.13. The average molecular weight is 390 g/mol. The van der Waals surface area contributed by atoms with Crippen molar-refractivity contribution in [1.82, 2.24) is 24.6 Å². The summed E-state index contributed by atoms with van der Waals surface area (Å²) in [6.07, 6.45) is 3.06. The van der Waals surface area contributed by atoms with E-state index in [1.54, 1.807) is 25.3 Å². The fraction of sp³-hybridized carbons (Fsp3) is 0.375.